The number of aromatic nitrogens is 4. The molecule has 0 bridgehead atoms. The Balaban J connectivity index is 1.34. The molecule has 7 rings (SSSR count). The van der Waals surface area contributed by atoms with Crippen molar-refractivity contribution in [2.75, 3.05) is 6.54 Å². The molecule has 2 heterocycles. The normalized spacial score (nSPS) is 23.7. The van der Waals surface area contributed by atoms with Gasteiger partial charge in [0.25, 0.3) is 0 Å². The first-order valence-electron chi connectivity index (χ1n) is 15.8. The van der Waals surface area contributed by atoms with Crippen LogP contribution in [0.3, 0.4) is 0 Å². The smallest absolute Gasteiger partial charge is 0.248 e. The van der Waals surface area contributed by atoms with Crippen LogP contribution in [0.1, 0.15) is 93.7 Å². The fraction of sp³-hybridized carbons (Fsp3) is 0.485. The zero-order chi connectivity index (χ0) is 31.3. The van der Waals surface area contributed by atoms with Gasteiger partial charge in [-0.25, -0.2) is 5.10 Å². The quantitative estimate of drug-likeness (QED) is 0.283. The van der Waals surface area contributed by atoms with E-state index in [9.17, 15) is 19.6 Å². The van der Waals surface area contributed by atoms with E-state index in [1.807, 2.05) is 24.3 Å². The van der Waals surface area contributed by atoms with Crippen LogP contribution in [0.2, 0.25) is 0 Å². The van der Waals surface area contributed by atoms with Gasteiger partial charge in [-0.15, -0.1) is 5.10 Å². The van der Waals surface area contributed by atoms with Gasteiger partial charge in [0, 0.05) is 23.2 Å². The molecular formula is C33H37N9O3. The number of nitrogens with one attached hydrogen (secondary N) is 2. The number of H-pyrrole nitrogens is 1. The molecule has 1 aliphatic heterocycles. The van der Waals surface area contributed by atoms with Crippen molar-refractivity contribution >= 4 is 17.7 Å². The van der Waals surface area contributed by atoms with Gasteiger partial charge in [0.05, 0.1) is 18.0 Å². The van der Waals surface area contributed by atoms with Crippen molar-refractivity contribution in [2.24, 2.45) is 23.3 Å². The number of piperidine rings is 1. The summed E-state index contributed by atoms with van der Waals surface area (Å²) in [5.74, 6) is 0.218. The Morgan fingerprint density at radius 2 is 1.67 bits per heavy atom. The van der Waals surface area contributed by atoms with Crippen LogP contribution in [0, 0.1) is 23.2 Å². The lowest BCUT2D eigenvalue weighted by molar-refractivity contribution is -0.131. The molecule has 2 aromatic carbocycles. The van der Waals surface area contributed by atoms with E-state index in [0.29, 0.717) is 48.0 Å². The van der Waals surface area contributed by atoms with Crippen molar-refractivity contribution in [1.29, 1.82) is 5.26 Å². The van der Waals surface area contributed by atoms with Crippen LogP contribution >= 0.6 is 0 Å². The zero-order valence-corrected chi connectivity index (χ0v) is 25.0. The van der Waals surface area contributed by atoms with E-state index in [1.54, 1.807) is 17.0 Å². The average Bonchev–Trinajstić information content (AvgIpc) is 3.46. The molecule has 3 fully saturated rings. The summed E-state index contributed by atoms with van der Waals surface area (Å²) in [4.78, 5) is 39.9. The Hall–Kier alpha value is -4.63. The number of hydrogen-bond acceptors (Lipinski definition) is 8. The second-order valence-electron chi connectivity index (χ2n) is 13.1. The number of fused-ring (bicyclic) bond motifs is 3. The molecule has 3 aromatic rings. The van der Waals surface area contributed by atoms with Crippen molar-refractivity contribution in [1.82, 2.24) is 30.8 Å². The lowest BCUT2D eigenvalue weighted by Crippen LogP contribution is -2.49. The van der Waals surface area contributed by atoms with Gasteiger partial charge in [-0.3, -0.25) is 14.4 Å². The summed E-state index contributed by atoms with van der Waals surface area (Å²) < 4.78 is 0. The number of nitrogens with two attached hydrogens (primary N) is 2. The Labute approximate surface area is 260 Å². The number of tetrazole rings is 1. The number of benzene rings is 2. The lowest BCUT2D eigenvalue weighted by atomic mass is 9.66. The topological polar surface area (TPSA) is 197 Å². The molecule has 3 aliphatic carbocycles. The van der Waals surface area contributed by atoms with Crippen LogP contribution < -0.4 is 16.8 Å². The highest BCUT2D eigenvalue weighted by atomic mass is 16.2. The maximum atomic E-state index is 13.6. The molecule has 12 heteroatoms. The number of hydrogen-bond donors (Lipinski definition) is 4. The molecule has 232 valence electrons. The molecule has 0 spiro atoms. The maximum absolute atomic E-state index is 13.6. The Morgan fingerprint density at radius 1 is 1.02 bits per heavy atom. The van der Waals surface area contributed by atoms with Gasteiger partial charge in [0.2, 0.25) is 17.7 Å². The summed E-state index contributed by atoms with van der Waals surface area (Å²) in [6, 6.07) is 13.1. The molecule has 1 saturated heterocycles. The van der Waals surface area contributed by atoms with Crippen molar-refractivity contribution in [2.45, 2.75) is 81.3 Å². The van der Waals surface area contributed by atoms with E-state index in [2.05, 4.69) is 32.0 Å². The maximum Gasteiger partial charge on any atom is 0.248 e. The van der Waals surface area contributed by atoms with Gasteiger partial charge in [0.15, 0.2) is 5.82 Å². The molecule has 4 atom stereocenters. The third-order valence-electron chi connectivity index (χ3n) is 10.7. The van der Waals surface area contributed by atoms with Crippen molar-refractivity contribution < 1.29 is 14.4 Å². The first kappa shape index (κ1) is 29.1. The number of likely N-dealkylation sites (tertiary alicyclic amines) is 1. The Kier molecular flexibility index (Phi) is 7.36. The molecular weight excluding hydrogens is 570 g/mol. The molecule has 0 unspecified atom stereocenters. The van der Waals surface area contributed by atoms with Gasteiger partial charge in [0.1, 0.15) is 6.04 Å². The van der Waals surface area contributed by atoms with E-state index < -0.39 is 17.2 Å². The first-order valence-corrected chi connectivity index (χ1v) is 15.8. The summed E-state index contributed by atoms with van der Waals surface area (Å²) in [5.41, 5.74) is 15.1. The number of aromatic amines is 1. The second kappa shape index (κ2) is 11.4. The zero-order valence-electron chi connectivity index (χ0n) is 25.0. The van der Waals surface area contributed by atoms with Crippen LogP contribution in [0.4, 0.5) is 0 Å². The minimum atomic E-state index is -0.912. The van der Waals surface area contributed by atoms with Gasteiger partial charge in [-0.1, -0.05) is 25.0 Å². The molecule has 45 heavy (non-hydrogen) atoms. The predicted octanol–water partition coefficient (Wildman–Crippen LogP) is 1.88. The number of amides is 3. The van der Waals surface area contributed by atoms with Gasteiger partial charge >= 0.3 is 0 Å². The Bertz CT molecular complexity index is 1630. The van der Waals surface area contributed by atoms with Crippen LogP contribution in [0.5, 0.6) is 0 Å². The number of carbonyl (C=O) groups is 3. The Morgan fingerprint density at radius 3 is 2.22 bits per heavy atom. The molecule has 12 nitrogen and oxygen atoms in total. The summed E-state index contributed by atoms with van der Waals surface area (Å²) in [6.45, 7) is 0.133. The fourth-order valence-electron chi connectivity index (χ4n) is 8.40. The standard InChI is InChI=1S/C33H37N9O3/c34-16-24-13-23-14-28(23)42(24)29(43)17-37-27(18-3-1-2-4-18)15-33(32-38-40-41-39-32)25-9-7-21(30(35)44)11-19(25)5-6-20-12-22(31(36)45)8-10-26(20)33/h7-12,18,23-24,27-28,37H,1-6,13-15,17H2,(H2,35,44)(H2,36,45)(H,38,39,40,41)/t23-,24+,27-,28+/m1/s1. The monoisotopic (exact) mass is 607 g/mol. The van der Waals surface area contributed by atoms with Crippen molar-refractivity contribution in [3.8, 4) is 6.07 Å². The summed E-state index contributed by atoms with van der Waals surface area (Å²) in [7, 11) is 0. The number of nitrogens with zero attached hydrogens (tertiary/aromatic N) is 5. The van der Waals surface area contributed by atoms with Crippen LogP contribution in [0.15, 0.2) is 36.4 Å². The lowest BCUT2D eigenvalue weighted by Gasteiger charge is -2.39. The van der Waals surface area contributed by atoms with Crippen LogP contribution in [-0.2, 0) is 23.1 Å². The average molecular weight is 608 g/mol. The van der Waals surface area contributed by atoms with Crippen molar-refractivity contribution in [3.63, 3.8) is 0 Å². The highest BCUT2D eigenvalue weighted by molar-refractivity contribution is 5.94. The highest BCUT2D eigenvalue weighted by Crippen LogP contribution is 2.49. The van der Waals surface area contributed by atoms with E-state index in [4.69, 9.17) is 11.5 Å². The second-order valence-corrected chi connectivity index (χ2v) is 13.1. The van der Waals surface area contributed by atoms with E-state index in [0.717, 1.165) is 60.8 Å². The van der Waals surface area contributed by atoms with Gasteiger partial charge < -0.3 is 21.7 Å². The first-order chi connectivity index (χ1) is 21.8. The van der Waals surface area contributed by atoms with Crippen molar-refractivity contribution in [3.05, 3.63) is 75.6 Å². The fourth-order valence-corrected chi connectivity index (χ4v) is 8.40. The summed E-state index contributed by atoms with van der Waals surface area (Å²) >= 11 is 0. The minimum absolute atomic E-state index is 0.0382. The van der Waals surface area contributed by atoms with E-state index in [-0.39, 0.29) is 30.6 Å². The molecule has 0 radical (unpaired) electrons. The SMILES string of the molecule is N#C[C@@H]1C[C@@H]2C[C@@H]2N1C(=O)CN[C@H](CC1(c2nnn[nH]2)c2ccc(C(N)=O)cc2CCc2cc(C(N)=O)ccc21)C1CCCC1. The predicted molar refractivity (Wildman–Crippen MR) is 163 cm³/mol. The van der Waals surface area contributed by atoms with Crippen LogP contribution in [-0.4, -0.2) is 67.9 Å². The molecule has 2 saturated carbocycles. The third kappa shape index (κ3) is 5.05. The highest BCUT2D eigenvalue weighted by Gasteiger charge is 2.54. The summed E-state index contributed by atoms with van der Waals surface area (Å²) in [5, 5.41) is 28.9. The molecule has 6 N–H and O–H groups in total. The minimum Gasteiger partial charge on any atom is -0.366 e. The number of carbonyl (C=O) groups excluding carboxylic acids is 3. The number of rotatable bonds is 9. The molecule has 3 amide bonds. The third-order valence-corrected chi connectivity index (χ3v) is 10.7. The van der Waals surface area contributed by atoms with Crippen LogP contribution in [0.25, 0.3) is 0 Å². The van der Waals surface area contributed by atoms with E-state index in [1.165, 1.54) is 0 Å². The largest absolute Gasteiger partial charge is 0.366 e. The number of primary amides is 2. The number of aryl methyl sites for hydroxylation is 2. The van der Waals surface area contributed by atoms with Gasteiger partial charge in [-0.2, -0.15) is 5.26 Å². The van der Waals surface area contributed by atoms with Gasteiger partial charge in [-0.05, 0) is 114 Å². The molecule has 4 aliphatic rings. The van der Waals surface area contributed by atoms with E-state index >= 15 is 0 Å². The molecule has 1 aromatic heterocycles. The summed E-state index contributed by atoms with van der Waals surface area (Å²) in [6.07, 6.45) is 7.71. The number of nitriles is 1.